The van der Waals surface area contributed by atoms with Crippen molar-refractivity contribution in [2.24, 2.45) is 5.92 Å². The van der Waals surface area contributed by atoms with E-state index in [2.05, 4.69) is 11.4 Å². The van der Waals surface area contributed by atoms with Gasteiger partial charge in [-0.05, 0) is 43.5 Å². The summed E-state index contributed by atoms with van der Waals surface area (Å²) in [6, 6.07) is 9.21. The number of carbonyl (C=O) groups is 1. The first-order valence-corrected chi connectivity index (χ1v) is 6.09. The molecule has 0 radical (unpaired) electrons. The molecule has 1 saturated carbocycles. The van der Waals surface area contributed by atoms with E-state index in [0.717, 1.165) is 25.0 Å². The Morgan fingerprint density at radius 1 is 1.39 bits per heavy atom. The quantitative estimate of drug-likeness (QED) is 0.885. The minimum absolute atomic E-state index is 0.00963. The van der Waals surface area contributed by atoms with E-state index >= 15 is 0 Å². The molecule has 2 rings (SSSR count). The first-order valence-electron chi connectivity index (χ1n) is 6.09. The Kier molecular flexibility index (Phi) is 3.83. The molecule has 0 saturated heterocycles. The maximum Gasteiger partial charge on any atom is 0.251 e. The number of ether oxygens (including phenoxy) is 1. The molecule has 2 unspecified atom stereocenters. The highest BCUT2D eigenvalue weighted by Gasteiger charge is 2.28. The molecule has 0 spiro atoms. The minimum Gasteiger partial charge on any atom is -0.497 e. The Labute approximate surface area is 107 Å². The standard InChI is InChI=1S/C14H16N2O2/c1-18-12-7-5-10(6-8-12)14(17)16-13-4-2-3-11(13)9-15/h5-8,11,13H,2-4H2,1H3,(H,16,17). The van der Waals surface area contributed by atoms with Crippen molar-refractivity contribution >= 4 is 5.91 Å². The Hall–Kier alpha value is -2.02. The average molecular weight is 244 g/mol. The fourth-order valence-corrected chi connectivity index (χ4v) is 2.28. The van der Waals surface area contributed by atoms with Gasteiger partial charge in [0.05, 0.1) is 19.1 Å². The van der Waals surface area contributed by atoms with E-state index in [0.29, 0.717) is 5.56 Å². The zero-order valence-corrected chi connectivity index (χ0v) is 10.3. The summed E-state index contributed by atoms with van der Waals surface area (Å²) in [7, 11) is 1.59. The molecule has 94 valence electrons. The zero-order valence-electron chi connectivity index (χ0n) is 10.3. The van der Waals surface area contributed by atoms with Gasteiger partial charge in [-0.2, -0.15) is 5.26 Å². The van der Waals surface area contributed by atoms with Gasteiger partial charge in [0.1, 0.15) is 5.75 Å². The van der Waals surface area contributed by atoms with E-state index in [1.165, 1.54) is 0 Å². The second-order valence-corrected chi connectivity index (χ2v) is 4.47. The van der Waals surface area contributed by atoms with Gasteiger partial charge in [-0.15, -0.1) is 0 Å². The number of rotatable bonds is 3. The topological polar surface area (TPSA) is 62.1 Å². The summed E-state index contributed by atoms with van der Waals surface area (Å²) >= 11 is 0. The lowest BCUT2D eigenvalue weighted by molar-refractivity contribution is 0.0933. The van der Waals surface area contributed by atoms with Crippen molar-refractivity contribution in [1.29, 1.82) is 5.26 Å². The molecule has 0 aliphatic heterocycles. The summed E-state index contributed by atoms with van der Waals surface area (Å²) < 4.78 is 5.04. The van der Waals surface area contributed by atoms with Crippen molar-refractivity contribution in [3.05, 3.63) is 29.8 Å². The van der Waals surface area contributed by atoms with Gasteiger partial charge in [-0.25, -0.2) is 0 Å². The minimum atomic E-state index is -0.121. The number of hydrogen-bond acceptors (Lipinski definition) is 3. The predicted molar refractivity (Wildman–Crippen MR) is 67.2 cm³/mol. The molecule has 4 nitrogen and oxygen atoms in total. The van der Waals surface area contributed by atoms with Gasteiger partial charge >= 0.3 is 0 Å². The van der Waals surface area contributed by atoms with Crippen LogP contribution in [0.2, 0.25) is 0 Å². The number of nitrogens with one attached hydrogen (secondary N) is 1. The molecule has 1 N–H and O–H groups in total. The van der Waals surface area contributed by atoms with Crippen LogP contribution in [0.3, 0.4) is 0 Å². The third-order valence-corrected chi connectivity index (χ3v) is 3.35. The number of benzene rings is 1. The second-order valence-electron chi connectivity index (χ2n) is 4.47. The van der Waals surface area contributed by atoms with E-state index in [-0.39, 0.29) is 17.9 Å². The van der Waals surface area contributed by atoms with Gasteiger partial charge in [0, 0.05) is 11.6 Å². The first-order chi connectivity index (χ1) is 8.74. The molecule has 1 aromatic rings. The van der Waals surface area contributed by atoms with Crippen molar-refractivity contribution in [2.45, 2.75) is 25.3 Å². The Balaban J connectivity index is 2.01. The number of carbonyl (C=O) groups excluding carboxylic acids is 1. The highest BCUT2D eigenvalue weighted by molar-refractivity contribution is 5.94. The smallest absolute Gasteiger partial charge is 0.251 e. The summed E-state index contributed by atoms with van der Waals surface area (Å²) in [6.45, 7) is 0. The van der Waals surface area contributed by atoms with E-state index in [1.807, 2.05) is 0 Å². The fraction of sp³-hybridized carbons (Fsp3) is 0.429. The molecule has 0 aromatic heterocycles. The van der Waals surface area contributed by atoms with E-state index in [9.17, 15) is 4.79 Å². The van der Waals surface area contributed by atoms with Crippen molar-refractivity contribution in [3.63, 3.8) is 0 Å². The molecule has 0 bridgehead atoms. The van der Waals surface area contributed by atoms with E-state index in [1.54, 1.807) is 31.4 Å². The maximum atomic E-state index is 12.0. The lowest BCUT2D eigenvalue weighted by atomic mass is 10.1. The zero-order chi connectivity index (χ0) is 13.0. The van der Waals surface area contributed by atoms with Crippen LogP contribution in [-0.4, -0.2) is 19.1 Å². The summed E-state index contributed by atoms with van der Waals surface area (Å²) in [5.41, 5.74) is 0.597. The number of hydrogen-bond donors (Lipinski definition) is 1. The van der Waals surface area contributed by atoms with Crippen LogP contribution in [0, 0.1) is 17.2 Å². The number of amides is 1. The summed E-state index contributed by atoms with van der Waals surface area (Å²) in [4.78, 5) is 12.0. The lowest BCUT2D eigenvalue weighted by Crippen LogP contribution is -2.36. The van der Waals surface area contributed by atoms with Crippen LogP contribution in [0.25, 0.3) is 0 Å². The molecule has 0 heterocycles. The van der Waals surface area contributed by atoms with Crippen molar-refractivity contribution in [2.75, 3.05) is 7.11 Å². The Morgan fingerprint density at radius 2 is 2.11 bits per heavy atom. The van der Waals surface area contributed by atoms with Crippen molar-refractivity contribution in [1.82, 2.24) is 5.32 Å². The Bertz CT molecular complexity index is 462. The summed E-state index contributed by atoms with van der Waals surface area (Å²) in [5.74, 6) is 0.555. The van der Waals surface area contributed by atoms with E-state index in [4.69, 9.17) is 10.00 Å². The molecule has 1 amide bonds. The Morgan fingerprint density at radius 3 is 2.72 bits per heavy atom. The summed E-state index contributed by atoms with van der Waals surface area (Å²) in [5, 5.41) is 11.9. The van der Waals surface area contributed by atoms with E-state index < -0.39 is 0 Å². The fourth-order valence-electron chi connectivity index (χ4n) is 2.28. The van der Waals surface area contributed by atoms with Crippen molar-refractivity contribution in [3.8, 4) is 11.8 Å². The van der Waals surface area contributed by atoms with Crippen LogP contribution in [0.15, 0.2) is 24.3 Å². The monoisotopic (exact) mass is 244 g/mol. The van der Waals surface area contributed by atoms with Crippen LogP contribution in [0.4, 0.5) is 0 Å². The molecule has 1 fully saturated rings. The normalized spacial score (nSPS) is 22.2. The molecule has 4 heteroatoms. The first kappa shape index (κ1) is 12.4. The largest absolute Gasteiger partial charge is 0.497 e. The molecular formula is C14H16N2O2. The highest BCUT2D eigenvalue weighted by Crippen LogP contribution is 2.25. The molecular weight excluding hydrogens is 228 g/mol. The average Bonchev–Trinajstić information content (AvgIpc) is 2.86. The number of nitriles is 1. The third-order valence-electron chi connectivity index (χ3n) is 3.35. The second kappa shape index (κ2) is 5.54. The molecule has 1 aliphatic rings. The van der Waals surface area contributed by atoms with Crippen LogP contribution in [-0.2, 0) is 0 Å². The molecule has 18 heavy (non-hydrogen) atoms. The number of nitrogens with zero attached hydrogens (tertiary/aromatic N) is 1. The maximum absolute atomic E-state index is 12.0. The van der Waals surface area contributed by atoms with Crippen LogP contribution >= 0.6 is 0 Å². The van der Waals surface area contributed by atoms with Crippen LogP contribution in [0.1, 0.15) is 29.6 Å². The van der Waals surface area contributed by atoms with Gasteiger partial charge in [-0.3, -0.25) is 4.79 Å². The third kappa shape index (κ3) is 2.62. The predicted octanol–water partition coefficient (Wildman–Crippen LogP) is 2.12. The molecule has 1 aliphatic carbocycles. The SMILES string of the molecule is COc1ccc(C(=O)NC2CCCC2C#N)cc1. The van der Waals surface area contributed by atoms with Gasteiger partial charge < -0.3 is 10.1 Å². The van der Waals surface area contributed by atoms with Crippen molar-refractivity contribution < 1.29 is 9.53 Å². The van der Waals surface area contributed by atoms with Crippen LogP contribution < -0.4 is 10.1 Å². The van der Waals surface area contributed by atoms with Gasteiger partial charge in [-0.1, -0.05) is 0 Å². The molecule has 2 atom stereocenters. The summed E-state index contributed by atoms with van der Waals surface area (Å²) in [6.07, 6.45) is 2.77. The van der Waals surface area contributed by atoms with Gasteiger partial charge in [0.15, 0.2) is 0 Å². The molecule has 1 aromatic carbocycles. The number of methoxy groups -OCH3 is 1. The highest BCUT2D eigenvalue weighted by atomic mass is 16.5. The lowest BCUT2D eigenvalue weighted by Gasteiger charge is -2.15. The van der Waals surface area contributed by atoms with Gasteiger partial charge in [0.2, 0.25) is 0 Å². The van der Waals surface area contributed by atoms with Gasteiger partial charge in [0.25, 0.3) is 5.91 Å². The van der Waals surface area contributed by atoms with Crippen LogP contribution in [0.5, 0.6) is 5.75 Å².